The Balaban J connectivity index is 1.38. The quantitative estimate of drug-likeness (QED) is 0.222. The zero-order valence-corrected chi connectivity index (χ0v) is 22.2. The second-order valence-corrected chi connectivity index (χ2v) is 10.6. The first-order chi connectivity index (χ1) is 18.5. The van der Waals surface area contributed by atoms with Crippen molar-refractivity contribution in [2.75, 3.05) is 11.5 Å². The average Bonchev–Trinajstić information content (AvgIpc) is 2.95. The van der Waals surface area contributed by atoms with Gasteiger partial charge in [0, 0.05) is 16.8 Å². The molecule has 0 amide bonds. The molecule has 4 nitrogen and oxygen atoms in total. The molecule has 1 aliphatic rings. The van der Waals surface area contributed by atoms with Crippen molar-refractivity contribution in [2.45, 2.75) is 57.3 Å². The molecule has 1 saturated carbocycles. The van der Waals surface area contributed by atoms with Gasteiger partial charge in [-0.25, -0.2) is 0 Å². The Morgan fingerprint density at radius 1 is 0.605 bits per heavy atom. The third-order valence-corrected chi connectivity index (χ3v) is 7.97. The summed E-state index contributed by atoms with van der Waals surface area (Å²) in [5.74, 6) is 4.06. The van der Waals surface area contributed by atoms with E-state index in [1.165, 1.54) is 43.2 Å². The molecular weight excluding hydrogens is 468 g/mol. The fraction of sp³-hybridized carbons (Fsp3) is 0.294. The molecule has 4 aromatic carbocycles. The number of hydrogen-bond donors (Lipinski definition) is 2. The van der Waals surface area contributed by atoms with E-state index >= 15 is 0 Å². The van der Waals surface area contributed by atoms with Gasteiger partial charge in [0.25, 0.3) is 0 Å². The molecule has 4 aromatic rings. The molecule has 4 heteroatoms. The highest BCUT2D eigenvalue weighted by molar-refractivity contribution is 5.47. The van der Waals surface area contributed by atoms with E-state index in [0.29, 0.717) is 0 Å². The van der Waals surface area contributed by atoms with Gasteiger partial charge in [-0.1, -0.05) is 50.5 Å². The summed E-state index contributed by atoms with van der Waals surface area (Å²) in [6.45, 7) is 2.29. The minimum Gasteiger partial charge on any atom is -0.457 e. The molecule has 0 spiro atoms. The smallest absolute Gasteiger partial charge is 0.127 e. The first-order valence-corrected chi connectivity index (χ1v) is 13.8. The average molecular weight is 507 g/mol. The van der Waals surface area contributed by atoms with Crippen LogP contribution in [0.5, 0.6) is 23.0 Å². The second kappa shape index (κ2) is 11.6. The van der Waals surface area contributed by atoms with Crippen molar-refractivity contribution in [3.63, 3.8) is 0 Å². The predicted octanol–water partition coefficient (Wildman–Crippen LogP) is 9.10. The van der Waals surface area contributed by atoms with Crippen molar-refractivity contribution in [2.24, 2.45) is 5.92 Å². The van der Waals surface area contributed by atoms with Crippen LogP contribution in [0.15, 0.2) is 97.1 Å². The first kappa shape index (κ1) is 25.7. The third kappa shape index (κ3) is 5.96. The van der Waals surface area contributed by atoms with Crippen LogP contribution in [0.2, 0.25) is 0 Å². The van der Waals surface area contributed by atoms with Crippen LogP contribution >= 0.6 is 0 Å². The van der Waals surface area contributed by atoms with Gasteiger partial charge >= 0.3 is 0 Å². The van der Waals surface area contributed by atoms with Crippen LogP contribution < -0.4 is 20.9 Å². The van der Waals surface area contributed by atoms with Crippen molar-refractivity contribution < 1.29 is 9.47 Å². The number of unbranched alkanes of at least 4 members (excludes halogenated alkanes) is 1. The van der Waals surface area contributed by atoms with E-state index in [4.69, 9.17) is 20.9 Å². The van der Waals surface area contributed by atoms with Crippen molar-refractivity contribution in [3.8, 4) is 23.0 Å². The molecule has 0 atom stereocenters. The van der Waals surface area contributed by atoms with E-state index in [1.807, 2.05) is 48.5 Å². The fourth-order valence-electron chi connectivity index (χ4n) is 5.72. The lowest BCUT2D eigenvalue weighted by Crippen LogP contribution is -2.33. The molecular formula is C34H38N2O2. The Morgan fingerprint density at radius 3 is 1.34 bits per heavy atom. The first-order valence-electron chi connectivity index (χ1n) is 13.8. The van der Waals surface area contributed by atoms with Crippen LogP contribution in [0.4, 0.5) is 11.4 Å². The Bertz CT molecular complexity index is 1200. The highest BCUT2D eigenvalue weighted by Gasteiger charge is 2.38. The molecule has 196 valence electrons. The molecule has 0 aromatic heterocycles. The van der Waals surface area contributed by atoms with E-state index in [1.54, 1.807) is 0 Å². The fourth-order valence-corrected chi connectivity index (χ4v) is 5.72. The van der Waals surface area contributed by atoms with Gasteiger partial charge in [-0.3, -0.25) is 0 Å². The summed E-state index contributed by atoms with van der Waals surface area (Å²) in [5, 5.41) is 0. The zero-order valence-electron chi connectivity index (χ0n) is 22.2. The van der Waals surface area contributed by atoms with Crippen LogP contribution in [-0.4, -0.2) is 0 Å². The standard InChI is InChI=1S/C34H38N2O2/c1-2-3-4-25-21-23-34(24-22-25,26-5-13-30(14-6-26)37-32-17-9-28(35)10-18-32)27-7-15-31(16-8-27)38-33-19-11-29(36)12-20-33/h5-20,25H,2-4,21-24,35-36H2,1H3. The summed E-state index contributed by atoms with van der Waals surface area (Å²) in [6, 6.07) is 32.4. The summed E-state index contributed by atoms with van der Waals surface area (Å²) < 4.78 is 12.2. The van der Waals surface area contributed by atoms with Gasteiger partial charge in [-0.2, -0.15) is 0 Å². The highest BCUT2D eigenvalue weighted by Crippen LogP contribution is 2.48. The maximum absolute atomic E-state index is 6.08. The molecule has 1 aliphatic carbocycles. The topological polar surface area (TPSA) is 70.5 Å². The van der Waals surface area contributed by atoms with Crippen LogP contribution in [0.3, 0.4) is 0 Å². The van der Waals surface area contributed by atoms with Crippen molar-refractivity contribution in [1.29, 1.82) is 0 Å². The van der Waals surface area contributed by atoms with E-state index in [9.17, 15) is 0 Å². The summed E-state index contributed by atoms with van der Waals surface area (Å²) >= 11 is 0. The van der Waals surface area contributed by atoms with Gasteiger partial charge < -0.3 is 20.9 Å². The maximum Gasteiger partial charge on any atom is 0.127 e. The van der Waals surface area contributed by atoms with Gasteiger partial charge in [-0.15, -0.1) is 0 Å². The minimum absolute atomic E-state index is 0.0117. The Hall–Kier alpha value is -3.92. The highest BCUT2D eigenvalue weighted by atomic mass is 16.5. The molecule has 1 fully saturated rings. The number of nitrogens with two attached hydrogens (primary N) is 2. The van der Waals surface area contributed by atoms with Crippen molar-refractivity contribution >= 4 is 11.4 Å². The number of anilines is 2. The van der Waals surface area contributed by atoms with E-state index in [-0.39, 0.29) is 5.41 Å². The Morgan fingerprint density at radius 2 is 0.974 bits per heavy atom. The van der Waals surface area contributed by atoms with Gasteiger partial charge in [0.15, 0.2) is 0 Å². The largest absolute Gasteiger partial charge is 0.457 e. The van der Waals surface area contributed by atoms with E-state index in [0.717, 1.165) is 53.1 Å². The van der Waals surface area contributed by atoms with Gasteiger partial charge in [0.05, 0.1) is 0 Å². The summed E-state index contributed by atoms with van der Waals surface area (Å²) in [6.07, 6.45) is 8.75. The van der Waals surface area contributed by atoms with Crippen molar-refractivity contribution in [3.05, 3.63) is 108 Å². The second-order valence-electron chi connectivity index (χ2n) is 10.6. The molecule has 0 saturated heterocycles. The predicted molar refractivity (Wildman–Crippen MR) is 157 cm³/mol. The normalized spacial score (nSPS) is 15.2. The zero-order chi connectivity index (χ0) is 26.4. The molecule has 38 heavy (non-hydrogen) atoms. The molecule has 0 heterocycles. The van der Waals surface area contributed by atoms with Crippen LogP contribution in [0.1, 0.15) is 63.0 Å². The number of rotatable bonds is 9. The van der Waals surface area contributed by atoms with Crippen LogP contribution in [0.25, 0.3) is 0 Å². The monoisotopic (exact) mass is 506 g/mol. The summed E-state index contributed by atoms with van der Waals surface area (Å²) in [5.41, 5.74) is 15.8. The lowest BCUT2D eigenvalue weighted by molar-refractivity contribution is 0.251. The van der Waals surface area contributed by atoms with E-state index < -0.39 is 0 Å². The molecule has 0 bridgehead atoms. The molecule has 0 aliphatic heterocycles. The van der Waals surface area contributed by atoms with Gasteiger partial charge in [0.2, 0.25) is 0 Å². The molecule has 0 unspecified atom stereocenters. The molecule has 0 radical (unpaired) electrons. The van der Waals surface area contributed by atoms with Gasteiger partial charge in [-0.05, 0) is 116 Å². The number of benzene rings is 4. The summed E-state index contributed by atoms with van der Waals surface area (Å²) in [4.78, 5) is 0. The SMILES string of the molecule is CCCCC1CCC(c2ccc(Oc3ccc(N)cc3)cc2)(c2ccc(Oc3ccc(N)cc3)cc2)CC1. The number of ether oxygens (including phenoxy) is 2. The summed E-state index contributed by atoms with van der Waals surface area (Å²) in [7, 11) is 0. The van der Waals surface area contributed by atoms with Gasteiger partial charge in [0.1, 0.15) is 23.0 Å². The van der Waals surface area contributed by atoms with Crippen LogP contribution in [-0.2, 0) is 5.41 Å². The van der Waals surface area contributed by atoms with Crippen LogP contribution in [0, 0.1) is 5.92 Å². The lowest BCUT2D eigenvalue weighted by Gasteiger charge is -2.41. The Kier molecular flexibility index (Phi) is 7.88. The minimum atomic E-state index is -0.0117. The number of hydrogen-bond acceptors (Lipinski definition) is 4. The van der Waals surface area contributed by atoms with E-state index in [2.05, 4.69) is 55.5 Å². The molecule has 4 N–H and O–H groups in total. The Labute approximate surface area is 226 Å². The lowest BCUT2D eigenvalue weighted by atomic mass is 9.62. The maximum atomic E-state index is 6.08. The van der Waals surface area contributed by atoms with Crippen molar-refractivity contribution in [1.82, 2.24) is 0 Å². The number of nitrogen functional groups attached to an aromatic ring is 2. The third-order valence-electron chi connectivity index (χ3n) is 7.97. The molecule has 5 rings (SSSR count).